The Labute approximate surface area is 122 Å². The number of nitrogens with zero attached hydrogens (tertiary/aromatic N) is 2. The van der Waals surface area contributed by atoms with Gasteiger partial charge >= 0.3 is 5.97 Å². The molecule has 0 atom stereocenters. The third-order valence-electron chi connectivity index (χ3n) is 2.92. The van der Waals surface area contributed by atoms with E-state index in [4.69, 9.17) is 10.5 Å². The fourth-order valence-corrected chi connectivity index (χ4v) is 1.81. The number of rotatable bonds is 6. The molecule has 0 aromatic carbocycles. The largest absolute Gasteiger partial charge is 0.478 e. The minimum Gasteiger partial charge on any atom is -0.478 e. The van der Waals surface area contributed by atoms with E-state index in [0.717, 1.165) is 12.8 Å². The molecule has 2 N–H and O–H groups in total. The molecule has 2 aromatic rings. The van der Waals surface area contributed by atoms with Crippen LogP contribution in [0.25, 0.3) is 0 Å². The number of hydrogen-bond donors (Lipinski definition) is 1. The average Bonchev–Trinajstić information content (AvgIpc) is 2.53. The fourth-order valence-electron chi connectivity index (χ4n) is 1.81. The Morgan fingerprint density at radius 2 is 2.10 bits per heavy atom. The molecule has 0 spiro atoms. The lowest BCUT2D eigenvalue weighted by Gasteiger charge is -2.08. The van der Waals surface area contributed by atoms with Gasteiger partial charge in [0.05, 0.1) is 31.2 Å². The van der Waals surface area contributed by atoms with E-state index in [9.17, 15) is 4.79 Å². The van der Waals surface area contributed by atoms with Crippen LogP contribution in [0.15, 0.2) is 36.8 Å². The van der Waals surface area contributed by atoms with Crippen LogP contribution in [-0.4, -0.2) is 29.7 Å². The van der Waals surface area contributed by atoms with Crippen molar-refractivity contribution in [3.63, 3.8) is 0 Å². The van der Waals surface area contributed by atoms with E-state index in [1.54, 1.807) is 12.4 Å². The smallest absolute Gasteiger partial charge is 0.340 e. The molecule has 6 heteroatoms. The van der Waals surface area contributed by atoms with Crippen LogP contribution in [0.1, 0.15) is 22.3 Å². The van der Waals surface area contributed by atoms with Gasteiger partial charge in [0.15, 0.2) is 0 Å². The number of carbonyl (C=O) groups excluding carboxylic acids is 1. The van der Waals surface area contributed by atoms with Crippen LogP contribution >= 0.6 is 0 Å². The SMILES string of the molecule is COC(=O)c1cc(OCCCc2ccncc2)ncc1N. The molecule has 0 unspecified atom stereocenters. The van der Waals surface area contributed by atoms with Gasteiger partial charge in [0.25, 0.3) is 0 Å². The second-order valence-corrected chi connectivity index (χ2v) is 4.41. The first-order valence-corrected chi connectivity index (χ1v) is 6.56. The van der Waals surface area contributed by atoms with E-state index in [-0.39, 0.29) is 11.3 Å². The minimum absolute atomic E-state index is 0.261. The molecule has 0 aliphatic rings. The van der Waals surface area contributed by atoms with Crippen molar-refractivity contribution >= 4 is 11.7 Å². The second-order valence-electron chi connectivity index (χ2n) is 4.41. The Morgan fingerprint density at radius 3 is 2.81 bits per heavy atom. The molecule has 0 bridgehead atoms. The van der Waals surface area contributed by atoms with Crippen LogP contribution in [0.2, 0.25) is 0 Å². The maximum absolute atomic E-state index is 11.5. The van der Waals surface area contributed by atoms with Crippen molar-refractivity contribution in [1.29, 1.82) is 0 Å². The Bertz CT molecular complexity index is 602. The molecule has 0 aliphatic heterocycles. The van der Waals surface area contributed by atoms with Crippen molar-refractivity contribution in [2.24, 2.45) is 0 Å². The summed E-state index contributed by atoms with van der Waals surface area (Å²) in [6.45, 7) is 0.500. The lowest BCUT2D eigenvalue weighted by molar-refractivity contribution is 0.0601. The predicted octanol–water partition coefficient (Wildman–Crippen LogP) is 1.86. The van der Waals surface area contributed by atoms with Gasteiger partial charge in [-0.15, -0.1) is 0 Å². The number of aryl methyl sites for hydroxylation is 1. The number of esters is 1. The minimum atomic E-state index is -0.503. The summed E-state index contributed by atoms with van der Waals surface area (Å²) < 4.78 is 10.2. The summed E-state index contributed by atoms with van der Waals surface area (Å²) in [5.74, 6) is -0.143. The lowest BCUT2D eigenvalue weighted by Crippen LogP contribution is -2.08. The first kappa shape index (κ1) is 14.8. The molecule has 0 saturated carbocycles. The lowest BCUT2D eigenvalue weighted by atomic mass is 10.1. The predicted molar refractivity (Wildman–Crippen MR) is 78.0 cm³/mol. The highest BCUT2D eigenvalue weighted by atomic mass is 16.5. The van der Waals surface area contributed by atoms with Gasteiger partial charge < -0.3 is 15.2 Å². The average molecular weight is 287 g/mol. The molecule has 110 valence electrons. The summed E-state index contributed by atoms with van der Waals surface area (Å²) in [7, 11) is 1.30. The van der Waals surface area contributed by atoms with Gasteiger partial charge in [-0.1, -0.05) is 0 Å². The van der Waals surface area contributed by atoms with Crippen LogP contribution in [0, 0.1) is 0 Å². The van der Waals surface area contributed by atoms with E-state index in [1.807, 2.05) is 12.1 Å². The van der Waals surface area contributed by atoms with Crippen LogP contribution in [0.3, 0.4) is 0 Å². The molecule has 0 aliphatic carbocycles. The third-order valence-corrected chi connectivity index (χ3v) is 2.92. The standard InChI is InChI=1S/C15H17N3O3/c1-20-15(19)12-9-14(18-10-13(12)16)21-8-2-3-11-4-6-17-7-5-11/h4-7,9-10H,2-3,8,16H2,1H3. The summed E-state index contributed by atoms with van der Waals surface area (Å²) in [5, 5.41) is 0. The molecule has 2 heterocycles. The highest BCUT2D eigenvalue weighted by Gasteiger charge is 2.12. The van der Waals surface area contributed by atoms with Gasteiger partial charge in [0.2, 0.25) is 5.88 Å². The number of nitrogens with two attached hydrogens (primary N) is 1. The summed E-state index contributed by atoms with van der Waals surface area (Å²) in [6, 6.07) is 5.43. The molecule has 0 radical (unpaired) electrons. The number of carbonyl (C=O) groups is 1. The number of anilines is 1. The van der Waals surface area contributed by atoms with Gasteiger partial charge in [0.1, 0.15) is 0 Å². The molecule has 0 fully saturated rings. The van der Waals surface area contributed by atoms with E-state index in [1.165, 1.54) is 24.9 Å². The number of ether oxygens (including phenoxy) is 2. The molecule has 6 nitrogen and oxygen atoms in total. The number of methoxy groups -OCH3 is 1. The van der Waals surface area contributed by atoms with Gasteiger partial charge in [-0.25, -0.2) is 9.78 Å². The molecule has 0 saturated heterocycles. The molecule has 0 amide bonds. The van der Waals surface area contributed by atoms with Gasteiger partial charge in [-0.2, -0.15) is 0 Å². The van der Waals surface area contributed by atoms with E-state index < -0.39 is 5.97 Å². The fraction of sp³-hybridized carbons (Fsp3) is 0.267. The maximum Gasteiger partial charge on any atom is 0.340 e. The second kappa shape index (κ2) is 7.23. The third kappa shape index (κ3) is 4.17. The Morgan fingerprint density at radius 1 is 1.33 bits per heavy atom. The van der Waals surface area contributed by atoms with Crippen LogP contribution in [0.5, 0.6) is 5.88 Å². The van der Waals surface area contributed by atoms with E-state index in [0.29, 0.717) is 12.5 Å². The van der Waals surface area contributed by atoms with Crippen LogP contribution < -0.4 is 10.5 Å². The summed E-state index contributed by atoms with van der Waals surface area (Å²) in [4.78, 5) is 19.5. The number of aromatic nitrogens is 2. The summed E-state index contributed by atoms with van der Waals surface area (Å²) in [5.41, 5.74) is 7.41. The van der Waals surface area contributed by atoms with Gasteiger partial charge in [0, 0.05) is 18.5 Å². The molecule has 2 rings (SSSR count). The first-order valence-electron chi connectivity index (χ1n) is 6.56. The normalized spacial score (nSPS) is 10.1. The number of hydrogen-bond acceptors (Lipinski definition) is 6. The Balaban J connectivity index is 1.87. The first-order chi connectivity index (χ1) is 10.2. The van der Waals surface area contributed by atoms with Crippen LogP contribution in [-0.2, 0) is 11.2 Å². The quantitative estimate of drug-likeness (QED) is 0.644. The molecule has 21 heavy (non-hydrogen) atoms. The van der Waals surface area contributed by atoms with Crippen molar-refractivity contribution in [2.75, 3.05) is 19.5 Å². The zero-order valence-corrected chi connectivity index (χ0v) is 11.8. The summed E-state index contributed by atoms with van der Waals surface area (Å²) >= 11 is 0. The highest BCUT2D eigenvalue weighted by Crippen LogP contribution is 2.17. The van der Waals surface area contributed by atoms with Crippen molar-refractivity contribution < 1.29 is 14.3 Å². The molecular weight excluding hydrogens is 270 g/mol. The van der Waals surface area contributed by atoms with Crippen molar-refractivity contribution in [2.45, 2.75) is 12.8 Å². The van der Waals surface area contributed by atoms with Crippen molar-refractivity contribution in [3.8, 4) is 5.88 Å². The molecule has 2 aromatic heterocycles. The van der Waals surface area contributed by atoms with Crippen molar-refractivity contribution in [3.05, 3.63) is 47.9 Å². The van der Waals surface area contributed by atoms with Gasteiger partial charge in [-0.3, -0.25) is 4.98 Å². The number of nitrogen functional groups attached to an aromatic ring is 1. The Hall–Kier alpha value is -2.63. The number of pyridine rings is 2. The monoisotopic (exact) mass is 287 g/mol. The zero-order valence-electron chi connectivity index (χ0n) is 11.8. The van der Waals surface area contributed by atoms with E-state index >= 15 is 0 Å². The summed E-state index contributed by atoms with van der Waals surface area (Å²) in [6.07, 6.45) is 6.65. The topological polar surface area (TPSA) is 87.3 Å². The highest BCUT2D eigenvalue weighted by molar-refractivity contribution is 5.95. The van der Waals surface area contributed by atoms with E-state index in [2.05, 4.69) is 14.7 Å². The van der Waals surface area contributed by atoms with Crippen molar-refractivity contribution in [1.82, 2.24) is 9.97 Å². The van der Waals surface area contributed by atoms with Crippen LogP contribution in [0.4, 0.5) is 5.69 Å². The zero-order chi connectivity index (χ0) is 15.1. The molecular formula is C15H17N3O3. The van der Waals surface area contributed by atoms with Gasteiger partial charge in [-0.05, 0) is 30.5 Å². The Kier molecular flexibility index (Phi) is 5.09. The maximum atomic E-state index is 11.5.